The molecule has 0 spiro atoms. The predicted molar refractivity (Wildman–Crippen MR) is 67.6 cm³/mol. The number of rotatable bonds is 2. The smallest absolute Gasteiger partial charge is 0.233 e. The van der Waals surface area contributed by atoms with Crippen molar-refractivity contribution in [3.05, 3.63) is 46.3 Å². The molecular weight excluding hydrogens is 287 g/mol. The minimum atomic E-state index is -0.350. The van der Waals surface area contributed by atoms with E-state index in [0.717, 1.165) is 5.56 Å². The summed E-state index contributed by atoms with van der Waals surface area (Å²) in [5, 5.41) is 0. The first-order valence-electron chi connectivity index (χ1n) is 4.91. The van der Waals surface area contributed by atoms with Gasteiger partial charge >= 0.3 is 0 Å². The van der Waals surface area contributed by atoms with Gasteiger partial charge < -0.3 is 10.5 Å². The Kier molecular flexibility index (Phi) is 3.28. The van der Waals surface area contributed by atoms with Crippen LogP contribution in [-0.2, 0) is 0 Å². The zero-order valence-corrected chi connectivity index (χ0v) is 10.7. The molecule has 3 nitrogen and oxygen atoms in total. The van der Waals surface area contributed by atoms with Crippen LogP contribution in [0, 0.1) is 12.7 Å². The fourth-order valence-corrected chi connectivity index (χ4v) is 1.75. The highest BCUT2D eigenvalue weighted by Crippen LogP contribution is 2.30. The summed E-state index contributed by atoms with van der Waals surface area (Å²) in [6.45, 7) is 1.83. The molecule has 0 aliphatic heterocycles. The van der Waals surface area contributed by atoms with Crippen LogP contribution in [0.3, 0.4) is 0 Å². The third kappa shape index (κ3) is 2.74. The molecule has 0 bridgehead atoms. The van der Waals surface area contributed by atoms with E-state index in [-0.39, 0.29) is 5.82 Å². The molecule has 2 N–H and O–H groups in total. The summed E-state index contributed by atoms with van der Waals surface area (Å²) in [7, 11) is 0. The van der Waals surface area contributed by atoms with Crippen LogP contribution in [0.2, 0.25) is 0 Å². The second-order valence-electron chi connectivity index (χ2n) is 3.57. The third-order valence-corrected chi connectivity index (χ3v) is 2.75. The van der Waals surface area contributed by atoms with Gasteiger partial charge in [-0.05, 0) is 40.5 Å². The molecule has 88 valence electrons. The van der Waals surface area contributed by atoms with Gasteiger partial charge in [-0.1, -0.05) is 6.07 Å². The summed E-state index contributed by atoms with van der Waals surface area (Å²) < 4.78 is 19.2. The molecule has 17 heavy (non-hydrogen) atoms. The molecule has 0 amide bonds. The Morgan fingerprint density at radius 1 is 1.35 bits per heavy atom. The highest BCUT2D eigenvalue weighted by molar-refractivity contribution is 9.10. The second-order valence-corrected chi connectivity index (χ2v) is 4.42. The lowest BCUT2D eigenvalue weighted by Gasteiger charge is -2.09. The average molecular weight is 297 g/mol. The molecule has 0 saturated carbocycles. The molecule has 2 aromatic rings. The molecule has 0 unspecified atom stereocenters. The maximum Gasteiger partial charge on any atom is 0.233 e. The second kappa shape index (κ2) is 4.71. The summed E-state index contributed by atoms with van der Waals surface area (Å²) >= 11 is 3.29. The highest BCUT2D eigenvalue weighted by Gasteiger charge is 2.08. The first-order chi connectivity index (χ1) is 8.06. The predicted octanol–water partition coefficient (Wildman–Crippen LogP) is 3.67. The largest absolute Gasteiger partial charge is 0.437 e. The molecular formula is C12H10BrFN2O. The number of ether oxygens (including phenoxy) is 1. The fourth-order valence-electron chi connectivity index (χ4n) is 1.30. The van der Waals surface area contributed by atoms with Crippen molar-refractivity contribution in [1.29, 1.82) is 0 Å². The number of nitrogen functional groups attached to an aromatic ring is 1. The van der Waals surface area contributed by atoms with Gasteiger partial charge in [0.2, 0.25) is 5.88 Å². The zero-order valence-electron chi connectivity index (χ0n) is 9.08. The van der Waals surface area contributed by atoms with E-state index in [4.69, 9.17) is 10.5 Å². The van der Waals surface area contributed by atoms with Crippen LogP contribution in [0.25, 0.3) is 0 Å². The van der Waals surface area contributed by atoms with Gasteiger partial charge in [0.15, 0.2) is 0 Å². The van der Waals surface area contributed by atoms with Crippen molar-refractivity contribution in [2.24, 2.45) is 0 Å². The van der Waals surface area contributed by atoms with Crippen molar-refractivity contribution in [3.63, 3.8) is 0 Å². The van der Waals surface area contributed by atoms with E-state index < -0.39 is 0 Å². The van der Waals surface area contributed by atoms with Crippen LogP contribution in [0.15, 0.2) is 34.9 Å². The SMILES string of the molecule is Cc1ccc(F)cc1Oc1ncc(N)cc1Br. The van der Waals surface area contributed by atoms with Gasteiger partial charge in [0, 0.05) is 6.07 Å². The maximum atomic E-state index is 13.1. The molecule has 0 fully saturated rings. The number of pyridine rings is 1. The van der Waals surface area contributed by atoms with E-state index in [2.05, 4.69) is 20.9 Å². The number of benzene rings is 1. The Balaban J connectivity index is 2.34. The third-order valence-electron chi connectivity index (χ3n) is 2.19. The summed E-state index contributed by atoms with van der Waals surface area (Å²) in [5.41, 5.74) is 6.93. The van der Waals surface area contributed by atoms with Crippen LogP contribution in [0.1, 0.15) is 5.56 Å². The standard InChI is InChI=1S/C12H10BrFN2O/c1-7-2-3-8(14)4-11(7)17-12-10(13)5-9(15)6-16-12/h2-6H,15H2,1H3. The Morgan fingerprint density at radius 2 is 2.12 bits per heavy atom. The lowest BCUT2D eigenvalue weighted by molar-refractivity contribution is 0.451. The molecule has 2 rings (SSSR count). The first-order valence-corrected chi connectivity index (χ1v) is 5.70. The number of nitrogens with two attached hydrogens (primary N) is 1. The number of hydrogen-bond donors (Lipinski definition) is 1. The van der Waals surface area contributed by atoms with E-state index >= 15 is 0 Å². The minimum Gasteiger partial charge on any atom is -0.437 e. The summed E-state index contributed by atoms with van der Waals surface area (Å²) in [4.78, 5) is 4.03. The van der Waals surface area contributed by atoms with Gasteiger partial charge in [0.1, 0.15) is 11.6 Å². The highest BCUT2D eigenvalue weighted by atomic mass is 79.9. The fraction of sp³-hybridized carbons (Fsp3) is 0.0833. The number of hydrogen-bond acceptors (Lipinski definition) is 3. The van der Waals surface area contributed by atoms with E-state index in [1.165, 1.54) is 18.3 Å². The number of nitrogens with zero attached hydrogens (tertiary/aromatic N) is 1. The van der Waals surface area contributed by atoms with Crippen LogP contribution >= 0.6 is 15.9 Å². The van der Waals surface area contributed by atoms with Gasteiger partial charge in [0.05, 0.1) is 16.4 Å². The Morgan fingerprint density at radius 3 is 2.82 bits per heavy atom. The van der Waals surface area contributed by atoms with Gasteiger partial charge in [-0.15, -0.1) is 0 Å². The van der Waals surface area contributed by atoms with Crippen molar-refractivity contribution in [1.82, 2.24) is 4.98 Å². The molecule has 0 aliphatic rings. The molecule has 1 aromatic carbocycles. The quantitative estimate of drug-likeness (QED) is 0.920. The maximum absolute atomic E-state index is 13.1. The molecule has 5 heteroatoms. The topological polar surface area (TPSA) is 48.1 Å². The molecule has 1 aromatic heterocycles. The Bertz CT molecular complexity index is 560. The Hall–Kier alpha value is -1.62. The number of halogens is 2. The number of anilines is 1. The van der Waals surface area contributed by atoms with Crippen molar-refractivity contribution in [2.45, 2.75) is 6.92 Å². The van der Waals surface area contributed by atoms with Gasteiger partial charge in [-0.2, -0.15) is 0 Å². The zero-order chi connectivity index (χ0) is 12.4. The average Bonchev–Trinajstić information content (AvgIpc) is 2.27. The van der Waals surface area contributed by atoms with E-state index in [9.17, 15) is 4.39 Å². The first kappa shape index (κ1) is 11.9. The van der Waals surface area contributed by atoms with Crippen molar-refractivity contribution in [3.8, 4) is 11.6 Å². The summed E-state index contributed by atoms with van der Waals surface area (Å²) in [6, 6.07) is 6.03. The van der Waals surface area contributed by atoms with Gasteiger partial charge in [0.25, 0.3) is 0 Å². The summed E-state index contributed by atoms with van der Waals surface area (Å²) in [5.74, 6) is 0.438. The monoisotopic (exact) mass is 296 g/mol. The minimum absolute atomic E-state index is 0.350. The van der Waals surface area contributed by atoms with E-state index in [1.54, 1.807) is 12.1 Å². The summed E-state index contributed by atoms with van der Waals surface area (Å²) in [6.07, 6.45) is 1.48. The lowest BCUT2D eigenvalue weighted by Crippen LogP contribution is -1.94. The van der Waals surface area contributed by atoms with Crippen LogP contribution < -0.4 is 10.5 Å². The normalized spacial score (nSPS) is 10.3. The molecule has 0 atom stereocenters. The van der Waals surface area contributed by atoms with Gasteiger partial charge in [-0.3, -0.25) is 0 Å². The van der Waals surface area contributed by atoms with Crippen molar-refractivity contribution < 1.29 is 9.13 Å². The lowest BCUT2D eigenvalue weighted by atomic mass is 10.2. The number of aromatic nitrogens is 1. The van der Waals surface area contributed by atoms with Gasteiger partial charge in [-0.25, -0.2) is 9.37 Å². The molecule has 0 aliphatic carbocycles. The van der Waals surface area contributed by atoms with Crippen LogP contribution in [-0.4, -0.2) is 4.98 Å². The molecule has 0 saturated heterocycles. The number of aryl methyl sites for hydroxylation is 1. The van der Waals surface area contributed by atoms with Crippen molar-refractivity contribution >= 4 is 21.6 Å². The van der Waals surface area contributed by atoms with Crippen LogP contribution in [0.4, 0.5) is 10.1 Å². The van der Waals surface area contributed by atoms with Crippen LogP contribution in [0.5, 0.6) is 11.6 Å². The molecule has 1 heterocycles. The van der Waals surface area contributed by atoms with E-state index in [1.807, 2.05) is 6.92 Å². The van der Waals surface area contributed by atoms with E-state index in [0.29, 0.717) is 21.8 Å². The molecule has 0 radical (unpaired) electrons. The van der Waals surface area contributed by atoms with Crippen molar-refractivity contribution in [2.75, 3.05) is 5.73 Å². The Labute approximate surface area is 107 Å².